The number of esters is 1. The highest BCUT2D eigenvalue weighted by molar-refractivity contribution is 5.92. The third-order valence-corrected chi connectivity index (χ3v) is 3.63. The van der Waals surface area contributed by atoms with Crippen molar-refractivity contribution in [2.75, 3.05) is 13.2 Å². The summed E-state index contributed by atoms with van der Waals surface area (Å²) in [6.45, 7) is 4.01. The van der Waals surface area contributed by atoms with E-state index in [0.29, 0.717) is 23.7 Å². The summed E-state index contributed by atoms with van der Waals surface area (Å²) in [6, 6.07) is 16.3. The van der Waals surface area contributed by atoms with Crippen LogP contribution in [0.4, 0.5) is 0 Å². The first kappa shape index (κ1) is 18.4. The van der Waals surface area contributed by atoms with Crippen LogP contribution in [0.1, 0.15) is 35.1 Å². The molecule has 0 radical (unpaired) electrons. The molecule has 140 valence electrons. The predicted molar refractivity (Wildman–Crippen MR) is 96.7 cm³/mol. The Morgan fingerprint density at radius 2 is 1.74 bits per heavy atom. The van der Waals surface area contributed by atoms with Crippen LogP contribution in [0.3, 0.4) is 0 Å². The highest BCUT2D eigenvalue weighted by Crippen LogP contribution is 2.23. The van der Waals surface area contributed by atoms with Crippen molar-refractivity contribution < 1.29 is 23.5 Å². The summed E-state index contributed by atoms with van der Waals surface area (Å²) in [5, 5.41) is 3.69. The molecule has 0 bridgehead atoms. The normalized spacial score (nSPS) is 11.6. The van der Waals surface area contributed by atoms with E-state index in [2.05, 4.69) is 10.1 Å². The molecule has 0 saturated heterocycles. The Morgan fingerprint density at radius 3 is 2.48 bits per heavy atom. The van der Waals surface area contributed by atoms with Crippen LogP contribution in [0.5, 0.6) is 11.5 Å². The van der Waals surface area contributed by atoms with Crippen LogP contribution in [0, 0.1) is 6.92 Å². The van der Waals surface area contributed by atoms with Crippen molar-refractivity contribution in [3.8, 4) is 11.5 Å². The number of benzene rings is 2. The zero-order valence-electron chi connectivity index (χ0n) is 15.1. The standard InChI is InChI=1S/C20H20N2O5/c1-14(19-21-15(2)22-27-19)26-20(23)17-10-6-7-11-18(17)25-13-12-24-16-8-4-3-5-9-16/h3-11,14H,12-13H2,1-2H3. The average Bonchev–Trinajstić information content (AvgIpc) is 3.13. The first-order valence-electron chi connectivity index (χ1n) is 8.54. The van der Waals surface area contributed by atoms with Gasteiger partial charge in [-0.15, -0.1) is 0 Å². The fraction of sp³-hybridized carbons (Fsp3) is 0.250. The van der Waals surface area contributed by atoms with Gasteiger partial charge in [-0.25, -0.2) is 4.79 Å². The number of para-hydroxylation sites is 2. The Hall–Kier alpha value is -3.35. The van der Waals surface area contributed by atoms with Crippen molar-refractivity contribution in [1.29, 1.82) is 0 Å². The Labute approximate surface area is 156 Å². The fourth-order valence-corrected chi connectivity index (χ4v) is 2.34. The van der Waals surface area contributed by atoms with Crippen molar-refractivity contribution in [3.05, 3.63) is 71.9 Å². The molecule has 1 heterocycles. The molecular weight excluding hydrogens is 348 g/mol. The second-order valence-corrected chi connectivity index (χ2v) is 5.73. The number of aromatic nitrogens is 2. The Balaban J connectivity index is 1.57. The molecule has 0 N–H and O–H groups in total. The Morgan fingerprint density at radius 1 is 1.04 bits per heavy atom. The molecule has 0 saturated carbocycles. The van der Waals surface area contributed by atoms with Crippen molar-refractivity contribution in [2.24, 2.45) is 0 Å². The predicted octanol–water partition coefficient (Wildman–Crippen LogP) is 3.75. The van der Waals surface area contributed by atoms with E-state index < -0.39 is 12.1 Å². The lowest BCUT2D eigenvalue weighted by molar-refractivity contribution is 0.0260. The summed E-state index contributed by atoms with van der Waals surface area (Å²) in [5.41, 5.74) is 0.320. The number of aryl methyl sites for hydroxylation is 1. The number of hydrogen-bond acceptors (Lipinski definition) is 7. The van der Waals surface area contributed by atoms with Crippen LogP contribution in [0.15, 0.2) is 59.1 Å². The lowest BCUT2D eigenvalue weighted by Crippen LogP contribution is -2.14. The molecule has 1 atom stereocenters. The van der Waals surface area contributed by atoms with Crippen LogP contribution in [0.25, 0.3) is 0 Å². The monoisotopic (exact) mass is 368 g/mol. The van der Waals surface area contributed by atoms with Crippen molar-refractivity contribution in [3.63, 3.8) is 0 Å². The van der Waals surface area contributed by atoms with Gasteiger partial charge in [0.25, 0.3) is 5.89 Å². The maximum atomic E-state index is 12.5. The zero-order chi connectivity index (χ0) is 19.1. The topological polar surface area (TPSA) is 83.7 Å². The summed E-state index contributed by atoms with van der Waals surface area (Å²) in [5.74, 6) is 1.38. The number of nitrogens with zero attached hydrogens (tertiary/aromatic N) is 2. The van der Waals surface area contributed by atoms with E-state index in [1.54, 1.807) is 38.1 Å². The molecular formula is C20H20N2O5. The van der Waals surface area contributed by atoms with Crippen molar-refractivity contribution in [1.82, 2.24) is 10.1 Å². The highest BCUT2D eigenvalue weighted by Gasteiger charge is 2.21. The molecule has 27 heavy (non-hydrogen) atoms. The van der Waals surface area contributed by atoms with Gasteiger partial charge >= 0.3 is 5.97 Å². The van der Waals surface area contributed by atoms with Gasteiger partial charge in [0.15, 0.2) is 11.9 Å². The smallest absolute Gasteiger partial charge is 0.342 e. The molecule has 7 nitrogen and oxygen atoms in total. The van der Waals surface area contributed by atoms with E-state index >= 15 is 0 Å². The van der Waals surface area contributed by atoms with Gasteiger partial charge in [0.2, 0.25) is 0 Å². The SMILES string of the molecule is Cc1noc(C(C)OC(=O)c2ccccc2OCCOc2ccccc2)n1. The molecule has 1 aromatic heterocycles. The number of carbonyl (C=O) groups is 1. The van der Waals surface area contributed by atoms with E-state index in [1.165, 1.54) is 0 Å². The van der Waals surface area contributed by atoms with Crippen LogP contribution < -0.4 is 9.47 Å². The molecule has 0 aliphatic rings. The first-order valence-corrected chi connectivity index (χ1v) is 8.54. The highest BCUT2D eigenvalue weighted by atomic mass is 16.6. The zero-order valence-corrected chi connectivity index (χ0v) is 15.1. The maximum absolute atomic E-state index is 12.5. The van der Waals surface area contributed by atoms with Gasteiger partial charge in [-0.2, -0.15) is 4.98 Å². The van der Waals surface area contributed by atoms with E-state index in [0.717, 1.165) is 5.75 Å². The van der Waals surface area contributed by atoms with Gasteiger partial charge in [0.1, 0.15) is 30.3 Å². The number of rotatable bonds is 8. The summed E-state index contributed by atoms with van der Waals surface area (Å²) in [6.07, 6.45) is -0.659. The Kier molecular flexibility index (Phi) is 6.04. The van der Waals surface area contributed by atoms with Gasteiger partial charge in [-0.1, -0.05) is 35.5 Å². The Bertz CT molecular complexity index is 879. The first-order chi connectivity index (χ1) is 13.1. The fourth-order valence-electron chi connectivity index (χ4n) is 2.34. The molecule has 1 unspecified atom stereocenters. The summed E-state index contributed by atoms with van der Waals surface area (Å²) < 4.78 is 21.7. The second-order valence-electron chi connectivity index (χ2n) is 5.73. The van der Waals surface area contributed by atoms with Gasteiger partial charge in [0.05, 0.1) is 0 Å². The molecule has 3 aromatic rings. The molecule has 0 fully saturated rings. The molecule has 3 rings (SSSR count). The number of hydrogen-bond donors (Lipinski definition) is 0. The average molecular weight is 368 g/mol. The summed E-state index contributed by atoms with van der Waals surface area (Å²) in [7, 11) is 0. The van der Waals surface area contributed by atoms with Crippen LogP contribution in [-0.4, -0.2) is 29.3 Å². The largest absolute Gasteiger partial charge is 0.490 e. The van der Waals surface area contributed by atoms with Gasteiger partial charge in [0, 0.05) is 0 Å². The molecule has 0 aliphatic heterocycles. The molecule has 0 aliphatic carbocycles. The lowest BCUT2D eigenvalue weighted by atomic mass is 10.2. The quantitative estimate of drug-likeness (QED) is 0.442. The molecule has 0 spiro atoms. The van der Waals surface area contributed by atoms with Crippen molar-refractivity contribution in [2.45, 2.75) is 20.0 Å². The third kappa shape index (κ3) is 5.07. The summed E-state index contributed by atoms with van der Waals surface area (Å²) >= 11 is 0. The summed E-state index contributed by atoms with van der Waals surface area (Å²) in [4.78, 5) is 16.6. The minimum atomic E-state index is -0.659. The number of ether oxygens (including phenoxy) is 3. The van der Waals surface area contributed by atoms with E-state index in [9.17, 15) is 4.79 Å². The number of carbonyl (C=O) groups excluding carboxylic acids is 1. The van der Waals surface area contributed by atoms with Gasteiger partial charge < -0.3 is 18.7 Å². The van der Waals surface area contributed by atoms with E-state index in [1.807, 2.05) is 30.3 Å². The molecule has 2 aromatic carbocycles. The molecule has 7 heteroatoms. The van der Waals surface area contributed by atoms with E-state index in [4.69, 9.17) is 18.7 Å². The van der Waals surface area contributed by atoms with Gasteiger partial charge in [-0.3, -0.25) is 0 Å². The minimum Gasteiger partial charge on any atom is -0.490 e. The van der Waals surface area contributed by atoms with Crippen LogP contribution in [0.2, 0.25) is 0 Å². The van der Waals surface area contributed by atoms with E-state index in [-0.39, 0.29) is 12.5 Å². The second kappa shape index (κ2) is 8.84. The third-order valence-electron chi connectivity index (χ3n) is 3.63. The molecule has 0 amide bonds. The minimum absolute atomic E-state index is 0.246. The van der Waals surface area contributed by atoms with Crippen LogP contribution in [-0.2, 0) is 4.74 Å². The van der Waals surface area contributed by atoms with Crippen molar-refractivity contribution >= 4 is 5.97 Å². The van der Waals surface area contributed by atoms with Gasteiger partial charge in [-0.05, 0) is 38.1 Å². The lowest BCUT2D eigenvalue weighted by Gasteiger charge is -2.13. The van der Waals surface area contributed by atoms with Crippen LogP contribution >= 0.6 is 0 Å². The maximum Gasteiger partial charge on any atom is 0.342 e.